The van der Waals surface area contributed by atoms with Crippen molar-refractivity contribution in [1.29, 1.82) is 0 Å². The molecule has 0 heterocycles. The minimum atomic E-state index is -0.336. The molecular formula is C12H24N2O. The van der Waals surface area contributed by atoms with Gasteiger partial charge in [0, 0.05) is 6.54 Å². The summed E-state index contributed by atoms with van der Waals surface area (Å²) in [5, 5.41) is 2.98. The van der Waals surface area contributed by atoms with Crippen LogP contribution in [0.3, 0.4) is 0 Å². The van der Waals surface area contributed by atoms with Crippen molar-refractivity contribution in [1.82, 2.24) is 5.32 Å². The summed E-state index contributed by atoms with van der Waals surface area (Å²) in [4.78, 5) is 11.6. The average molecular weight is 212 g/mol. The smallest absolute Gasteiger partial charge is 0.236 e. The fourth-order valence-electron chi connectivity index (χ4n) is 1.85. The highest BCUT2D eigenvalue weighted by atomic mass is 16.2. The van der Waals surface area contributed by atoms with E-state index in [4.69, 9.17) is 5.73 Å². The van der Waals surface area contributed by atoms with Crippen LogP contribution in [0.25, 0.3) is 0 Å². The lowest BCUT2D eigenvalue weighted by atomic mass is 10.0. The van der Waals surface area contributed by atoms with Gasteiger partial charge in [-0.05, 0) is 37.0 Å². The maximum Gasteiger partial charge on any atom is 0.236 e. The van der Waals surface area contributed by atoms with E-state index < -0.39 is 0 Å². The van der Waals surface area contributed by atoms with Crippen LogP contribution >= 0.6 is 0 Å². The number of carbonyl (C=O) groups excluding carboxylic acids is 1. The lowest BCUT2D eigenvalue weighted by Crippen LogP contribution is -2.43. The Morgan fingerprint density at radius 2 is 2.07 bits per heavy atom. The van der Waals surface area contributed by atoms with Crippen LogP contribution in [0.2, 0.25) is 0 Å². The second kappa shape index (κ2) is 4.97. The van der Waals surface area contributed by atoms with E-state index in [9.17, 15) is 4.79 Å². The van der Waals surface area contributed by atoms with Crippen molar-refractivity contribution < 1.29 is 4.79 Å². The molecule has 1 saturated carbocycles. The van der Waals surface area contributed by atoms with Gasteiger partial charge in [-0.3, -0.25) is 4.79 Å². The van der Waals surface area contributed by atoms with Gasteiger partial charge >= 0.3 is 0 Å². The normalized spacial score (nSPS) is 20.1. The SMILES string of the molecule is CCC1(CNC(=O)C(N)CC(C)C)CC1. The third-order valence-electron chi connectivity index (χ3n) is 3.41. The summed E-state index contributed by atoms with van der Waals surface area (Å²) in [7, 11) is 0. The molecule has 0 aliphatic heterocycles. The van der Waals surface area contributed by atoms with Crippen LogP contribution in [-0.4, -0.2) is 18.5 Å². The third kappa shape index (κ3) is 3.82. The van der Waals surface area contributed by atoms with E-state index in [1.54, 1.807) is 0 Å². The molecule has 0 spiro atoms. The molecule has 0 saturated heterocycles. The van der Waals surface area contributed by atoms with Gasteiger partial charge in [-0.2, -0.15) is 0 Å². The second-order valence-corrected chi connectivity index (χ2v) is 5.31. The van der Waals surface area contributed by atoms with E-state index in [-0.39, 0.29) is 11.9 Å². The number of hydrogen-bond acceptors (Lipinski definition) is 2. The Balaban J connectivity index is 2.23. The second-order valence-electron chi connectivity index (χ2n) is 5.31. The molecule has 1 fully saturated rings. The number of amides is 1. The Bertz CT molecular complexity index is 222. The minimum absolute atomic E-state index is 0.0171. The highest BCUT2D eigenvalue weighted by Gasteiger charge is 2.40. The Hall–Kier alpha value is -0.570. The van der Waals surface area contributed by atoms with E-state index in [1.165, 1.54) is 12.8 Å². The maximum atomic E-state index is 11.6. The Kier molecular flexibility index (Phi) is 4.14. The molecule has 1 rings (SSSR count). The van der Waals surface area contributed by atoms with Crippen molar-refractivity contribution in [2.24, 2.45) is 17.1 Å². The molecule has 1 amide bonds. The largest absolute Gasteiger partial charge is 0.354 e. The first kappa shape index (κ1) is 12.5. The van der Waals surface area contributed by atoms with Crippen LogP contribution in [0.5, 0.6) is 0 Å². The minimum Gasteiger partial charge on any atom is -0.354 e. The first-order valence-corrected chi connectivity index (χ1v) is 6.02. The monoisotopic (exact) mass is 212 g/mol. The van der Waals surface area contributed by atoms with Crippen molar-refractivity contribution in [2.75, 3.05) is 6.54 Å². The van der Waals surface area contributed by atoms with Crippen LogP contribution < -0.4 is 11.1 Å². The molecule has 3 heteroatoms. The van der Waals surface area contributed by atoms with Crippen LogP contribution in [0.15, 0.2) is 0 Å². The standard InChI is InChI=1S/C12H24N2O/c1-4-12(5-6-12)8-14-11(15)10(13)7-9(2)3/h9-10H,4-8,13H2,1-3H3,(H,14,15). The van der Waals surface area contributed by atoms with Gasteiger partial charge in [-0.15, -0.1) is 0 Å². The topological polar surface area (TPSA) is 55.1 Å². The average Bonchev–Trinajstić information content (AvgIpc) is 2.94. The molecule has 1 unspecified atom stereocenters. The summed E-state index contributed by atoms with van der Waals surface area (Å²) >= 11 is 0. The van der Waals surface area contributed by atoms with Crippen molar-refractivity contribution >= 4 is 5.91 Å². The van der Waals surface area contributed by atoms with E-state index >= 15 is 0 Å². The van der Waals surface area contributed by atoms with Gasteiger partial charge < -0.3 is 11.1 Å². The Morgan fingerprint density at radius 1 is 1.47 bits per heavy atom. The first-order chi connectivity index (χ1) is 6.99. The number of rotatable bonds is 6. The van der Waals surface area contributed by atoms with Crippen molar-refractivity contribution in [3.8, 4) is 0 Å². The lowest BCUT2D eigenvalue weighted by molar-refractivity contribution is -0.122. The highest BCUT2D eigenvalue weighted by molar-refractivity contribution is 5.81. The number of nitrogens with one attached hydrogen (secondary N) is 1. The van der Waals surface area contributed by atoms with Crippen LogP contribution in [0, 0.1) is 11.3 Å². The van der Waals surface area contributed by atoms with Gasteiger partial charge in [0.05, 0.1) is 6.04 Å². The Labute approximate surface area is 92.8 Å². The third-order valence-corrected chi connectivity index (χ3v) is 3.41. The van der Waals surface area contributed by atoms with Gasteiger partial charge in [-0.25, -0.2) is 0 Å². The zero-order valence-corrected chi connectivity index (χ0v) is 10.2. The quantitative estimate of drug-likeness (QED) is 0.703. The number of carbonyl (C=O) groups is 1. The summed E-state index contributed by atoms with van der Waals surface area (Å²) in [6.45, 7) is 7.17. The van der Waals surface area contributed by atoms with Crippen molar-refractivity contribution in [3.63, 3.8) is 0 Å². The predicted molar refractivity (Wildman–Crippen MR) is 62.4 cm³/mol. The lowest BCUT2D eigenvalue weighted by Gasteiger charge is -2.17. The van der Waals surface area contributed by atoms with Crippen LogP contribution in [0.1, 0.15) is 46.5 Å². The van der Waals surface area contributed by atoms with Gasteiger partial charge in [0.25, 0.3) is 0 Å². The molecule has 0 aromatic heterocycles. The number of nitrogens with two attached hydrogens (primary N) is 1. The van der Waals surface area contributed by atoms with Crippen molar-refractivity contribution in [2.45, 2.75) is 52.5 Å². The maximum absolute atomic E-state index is 11.6. The zero-order chi connectivity index (χ0) is 11.5. The van der Waals surface area contributed by atoms with Gasteiger partial charge in [0.2, 0.25) is 5.91 Å². The molecule has 0 radical (unpaired) electrons. The fourth-order valence-corrected chi connectivity index (χ4v) is 1.85. The van der Waals surface area contributed by atoms with E-state index in [2.05, 4.69) is 26.1 Å². The molecule has 0 aromatic rings. The predicted octanol–water partition coefficient (Wildman–Crippen LogP) is 1.67. The number of hydrogen-bond donors (Lipinski definition) is 2. The molecule has 0 aromatic carbocycles. The molecule has 88 valence electrons. The first-order valence-electron chi connectivity index (χ1n) is 6.02. The molecular weight excluding hydrogens is 188 g/mol. The van der Waals surface area contributed by atoms with E-state index in [0.717, 1.165) is 19.4 Å². The van der Waals surface area contributed by atoms with Gasteiger partial charge in [0.1, 0.15) is 0 Å². The molecule has 3 nitrogen and oxygen atoms in total. The molecule has 1 aliphatic carbocycles. The molecule has 0 bridgehead atoms. The van der Waals surface area contributed by atoms with Gasteiger partial charge in [-0.1, -0.05) is 20.8 Å². The highest BCUT2D eigenvalue weighted by Crippen LogP contribution is 2.47. The van der Waals surface area contributed by atoms with Crippen LogP contribution in [-0.2, 0) is 4.79 Å². The summed E-state index contributed by atoms with van der Waals surface area (Å²) in [6.07, 6.45) is 4.43. The zero-order valence-electron chi connectivity index (χ0n) is 10.2. The van der Waals surface area contributed by atoms with Crippen LogP contribution in [0.4, 0.5) is 0 Å². The van der Waals surface area contributed by atoms with Crippen molar-refractivity contribution in [3.05, 3.63) is 0 Å². The molecule has 3 N–H and O–H groups in total. The fraction of sp³-hybridized carbons (Fsp3) is 0.917. The Morgan fingerprint density at radius 3 is 2.47 bits per heavy atom. The summed E-state index contributed by atoms with van der Waals surface area (Å²) in [5.74, 6) is 0.496. The molecule has 15 heavy (non-hydrogen) atoms. The van der Waals surface area contributed by atoms with Gasteiger partial charge in [0.15, 0.2) is 0 Å². The molecule has 1 atom stereocenters. The summed E-state index contributed by atoms with van der Waals surface area (Å²) in [6, 6.07) is -0.336. The van der Waals surface area contributed by atoms with E-state index in [0.29, 0.717) is 11.3 Å². The summed E-state index contributed by atoms with van der Waals surface area (Å²) < 4.78 is 0. The molecule has 1 aliphatic rings. The summed E-state index contributed by atoms with van der Waals surface area (Å²) in [5.41, 5.74) is 6.21. The van der Waals surface area contributed by atoms with E-state index in [1.807, 2.05) is 0 Å².